The van der Waals surface area contributed by atoms with Crippen molar-refractivity contribution in [1.82, 2.24) is 0 Å². The molecule has 0 fully saturated rings. The molecule has 0 aliphatic heterocycles. The highest BCUT2D eigenvalue weighted by Gasteiger charge is 2.32. The van der Waals surface area contributed by atoms with E-state index >= 15 is 0 Å². The van der Waals surface area contributed by atoms with E-state index < -0.39 is 29.0 Å². The number of aliphatic hydroxyl groups is 1. The molecule has 0 heterocycles. The molecule has 0 saturated heterocycles. The Morgan fingerprint density at radius 1 is 0.960 bits per heavy atom. The summed E-state index contributed by atoms with van der Waals surface area (Å²) in [4.78, 5) is 35.5. The summed E-state index contributed by atoms with van der Waals surface area (Å²) >= 11 is 0. The second kappa shape index (κ2) is 6.12. The molecule has 2 N–H and O–H groups in total. The molecule has 7 heteroatoms. The average molecular weight is 336 g/mol. The number of hydrogen-bond acceptors (Lipinski definition) is 6. The summed E-state index contributed by atoms with van der Waals surface area (Å²) < 4.78 is 0. The maximum atomic E-state index is 12.4. The van der Waals surface area contributed by atoms with Gasteiger partial charge < -0.3 is 10.2 Å². The van der Waals surface area contributed by atoms with Crippen molar-refractivity contribution in [2.24, 2.45) is 10.2 Å². The molecular formula is C18H12N2O5. The number of ketones is 2. The molecule has 0 spiro atoms. The maximum absolute atomic E-state index is 12.4. The van der Waals surface area contributed by atoms with Crippen molar-refractivity contribution in [2.75, 3.05) is 0 Å². The molecule has 2 aromatic carbocycles. The van der Waals surface area contributed by atoms with Gasteiger partial charge in [-0.2, -0.15) is 5.11 Å². The number of fused-ring (bicyclic) bond motifs is 1. The van der Waals surface area contributed by atoms with Gasteiger partial charge in [0.05, 0.1) is 11.3 Å². The molecule has 1 aliphatic rings. The van der Waals surface area contributed by atoms with Crippen LogP contribution in [0.4, 0.5) is 5.69 Å². The van der Waals surface area contributed by atoms with Gasteiger partial charge in [0.2, 0.25) is 11.6 Å². The second-order valence-electron chi connectivity index (χ2n) is 5.41. The minimum absolute atomic E-state index is 0.116. The fraction of sp³-hybridized carbons (Fsp3) is 0.0556. The van der Waals surface area contributed by atoms with Crippen molar-refractivity contribution >= 4 is 23.2 Å². The normalized spacial score (nSPS) is 14.1. The van der Waals surface area contributed by atoms with Gasteiger partial charge in [-0.1, -0.05) is 24.3 Å². The number of aryl methyl sites for hydroxylation is 1. The third-order valence-electron chi connectivity index (χ3n) is 3.78. The topological polar surface area (TPSA) is 116 Å². The predicted molar refractivity (Wildman–Crippen MR) is 87.4 cm³/mol. The van der Waals surface area contributed by atoms with E-state index in [1.54, 1.807) is 19.1 Å². The van der Waals surface area contributed by atoms with Gasteiger partial charge in [0.15, 0.2) is 11.5 Å². The zero-order valence-electron chi connectivity index (χ0n) is 13.1. The lowest BCUT2D eigenvalue weighted by molar-refractivity contribution is 0.0695. The molecule has 25 heavy (non-hydrogen) atoms. The third kappa shape index (κ3) is 2.83. The van der Waals surface area contributed by atoms with Crippen molar-refractivity contribution < 1.29 is 24.6 Å². The van der Waals surface area contributed by atoms with Gasteiger partial charge >= 0.3 is 5.97 Å². The summed E-state index contributed by atoms with van der Waals surface area (Å²) in [6, 6.07) is 10.4. The van der Waals surface area contributed by atoms with Crippen LogP contribution in [0.5, 0.6) is 0 Å². The Kier molecular flexibility index (Phi) is 3.98. The van der Waals surface area contributed by atoms with E-state index in [1.807, 2.05) is 0 Å². The van der Waals surface area contributed by atoms with Gasteiger partial charge in [-0.3, -0.25) is 9.59 Å². The first-order valence-corrected chi connectivity index (χ1v) is 7.27. The Balaban J connectivity index is 1.98. The largest absolute Gasteiger partial charge is 0.502 e. The van der Waals surface area contributed by atoms with E-state index in [0.29, 0.717) is 11.3 Å². The highest BCUT2D eigenvalue weighted by molar-refractivity contribution is 6.25. The van der Waals surface area contributed by atoms with Crippen LogP contribution in [0.1, 0.15) is 36.6 Å². The fourth-order valence-electron chi connectivity index (χ4n) is 2.50. The van der Waals surface area contributed by atoms with Crippen LogP contribution in [0.3, 0.4) is 0 Å². The van der Waals surface area contributed by atoms with E-state index in [9.17, 15) is 19.5 Å². The van der Waals surface area contributed by atoms with E-state index in [-0.39, 0.29) is 16.7 Å². The number of benzene rings is 2. The number of hydrogen-bond donors (Lipinski definition) is 2. The molecule has 0 radical (unpaired) electrons. The minimum atomic E-state index is -1.06. The Bertz CT molecular complexity index is 989. The van der Waals surface area contributed by atoms with Gasteiger partial charge in [-0.25, -0.2) is 4.79 Å². The van der Waals surface area contributed by atoms with Crippen LogP contribution in [0, 0.1) is 6.92 Å². The number of aromatic carboxylic acids is 1. The molecule has 7 nitrogen and oxygen atoms in total. The van der Waals surface area contributed by atoms with E-state index in [0.717, 1.165) is 0 Å². The van der Waals surface area contributed by atoms with Crippen molar-refractivity contribution in [3.63, 3.8) is 0 Å². The SMILES string of the molecule is Cc1cc(N=NC2=C(O)C(=O)c3ccccc3C2=O)ccc1C(=O)O. The summed E-state index contributed by atoms with van der Waals surface area (Å²) in [7, 11) is 0. The second-order valence-corrected chi connectivity index (χ2v) is 5.41. The molecule has 3 rings (SSSR count). The summed E-state index contributed by atoms with van der Waals surface area (Å²) in [6.07, 6.45) is 0. The molecule has 0 amide bonds. The molecule has 0 aromatic heterocycles. The first-order valence-electron chi connectivity index (χ1n) is 7.27. The van der Waals surface area contributed by atoms with Gasteiger partial charge in [0.25, 0.3) is 0 Å². The first-order chi connectivity index (χ1) is 11.9. The highest BCUT2D eigenvalue weighted by Crippen LogP contribution is 2.27. The summed E-state index contributed by atoms with van der Waals surface area (Å²) in [5, 5.41) is 26.5. The van der Waals surface area contributed by atoms with Crippen LogP contribution < -0.4 is 0 Å². The van der Waals surface area contributed by atoms with Crippen molar-refractivity contribution in [3.05, 3.63) is 76.2 Å². The predicted octanol–water partition coefficient (Wildman–Crippen LogP) is 3.63. The Hall–Kier alpha value is -3.61. The van der Waals surface area contributed by atoms with Crippen LogP contribution in [0.15, 0.2) is 64.1 Å². The lowest BCUT2D eigenvalue weighted by Gasteiger charge is -2.13. The molecule has 0 unspecified atom stereocenters. The molecule has 0 bridgehead atoms. The number of nitrogens with zero attached hydrogens (tertiary/aromatic N) is 2. The Labute approximate surface area is 142 Å². The van der Waals surface area contributed by atoms with Crippen molar-refractivity contribution in [1.29, 1.82) is 0 Å². The number of carbonyl (C=O) groups excluding carboxylic acids is 2. The van der Waals surface area contributed by atoms with Crippen molar-refractivity contribution in [3.8, 4) is 0 Å². The Morgan fingerprint density at radius 3 is 2.20 bits per heavy atom. The maximum Gasteiger partial charge on any atom is 0.335 e. The van der Waals surface area contributed by atoms with Gasteiger partial charge in [0, 0.05) is 11.1 Å². The van der Waals surface area contributed by atoms with Crippen LogP contribution in [-0.2, 0) is 0 Å². The number of azo groups is 1. The lowest BCUT2D eigenvalue weighted by atomic mass is 9.92. The number of rotatable bonds is 3. The molecule has 0 atom stereocenters. The van der Waals surface area contributed by atoms with Crippen LogP contribution in [-0.4, -0.2) is 27.7 Å². The number of carbonyl (C=O) groups is 3. The lowest BCUT2D eigenvalue weighted by Crippen LogP contribution is -2.20. The van der Waals surface area contributed by atoms with Gasteiger partial charge in [-0.05, 0) is 30.7 Å². The molecule has 124 valence electrons. The standard InChI is InChI=1S/C18H12N2O5/c1-9-8-10(6-7-11(9)18(24)25)19-20-14-15(21)12-4-2-3-5-13(12)16(22)17(14)23/h2-8,23H,1H3,(H,24,25). The minimum Gasteiger partial charge on any atom is -0.502 e. The molecular weight excluding hydrogens is 324 g/mol. The zero-order valence-corrected chi connectivity index (χ0v) is 13.1. The quantitative estimate of drug-likeness (QED) is 0.830. The average Bonchev–Trinajstić information content (AvgIpc) is 2.59. The van der Waals surface area contributed by atoms with Crippen LogP contribution in [0.2, 0.25) is 0 Å². The molecule has 0 saturated carbocycles. The van der Waals surface area contributed by atoms with Crippen LogP contribution >= 0.6 is 0 Å². The highest BCUT2D eigenvalue weighted by atomic mass is 16.4. The first kappa shape index (κ1) is 16.3. The molecule has 2 aromatic rings. The fourth-order valence-corrected chi connectivity index (χ4v) is 2.50. The smallest absolute Gasteiger partial charge is 0.335 e. The summed E-state index contributed by atoms with van der Waals surface area (Å²) in [6.45, 7) is 1.60. The van der Waals surface area contributed by atoms with Crippen molar-refractivity contribution in [2.45, 2.75) is 6.92 Å². The summed E-state index contributed by atoms with van der Waals surface area (Å²) in [5.74, 6) is -3.12. The molecule has 1 aliphatic carbocycles. The number of allylic oxidation sites excluding steroid dienone is 2. The van der Waals surface area contributed by atoms with E-state index in [4.69, 9.17) is 5.11 Å². The van der Waals surface area contributed by atoms with E-state index in [2.05, 4.69) is 10.2 Å². The number of carboxylic acid groups (broad SMARTS) is 1. The van der Waals surface area contributed by atoms with Gasteiger partial charge in [-0.15, -0.1) is 5.11 Å². The zero-order chi connectivity index (χ0) is 18.1. The summed E-state index contributed by atoms with van der Waals surface area (Å²) in [5.41, 5.74) is 0.713. The number of aliphatic hydroxyl groups excluding tert-OH is 1. The Morgan fingerprint density at radius 2 is 1.60 bits per heavy atom. The number of carboxylic acids is 1. The third-order valence-corrected chi connectivity index (χ3v) is 3.78. The number of Topliss-reactive ketones (excluding diaryl/α,β-unsaturated/α-hetero) is 2. The van der Waals surface area contributed by atoms with Crippen LogP contribution in [0.25, 0.3) is 0 Å². The van der Waals surface area contributed by atoms with Gasteiger partial charge in [0.1, 0.15) is 0 Å². The monoisotopic (exact) mass is 336 g/mol. The van der Waals surface area contributed by atoms with E-state index in [1.165, 1.54) is 30.3 Å².